The van der Waals surface area contributed by atoms with Gasteiger partial charge in [0.05, 0.1) is 5.69 Å². The number of benzene rings is 4. The number of halogens is 1. The summed E-state index contributed by atoms with van der Waals surface area (Å²) in [6.07, 6.45) is 1.53. The molecule has 8 heteroatoms. The van der Waals surface area contributed by atoms with E-state index in [1.165, 1.54) is 11.0 Å². The van der Waals surface area contributed by atoms with E-state index in [1.54, 1.807) is 54.6 Å². The number of amides is 2. The highest BCUT2D eigenvalue weighted by Gasteiger charge is 2.34. The second kappa shape index (κ2) is 11.3. The third-order valence-electron chi connectivity index (χ3n) is 5.66. The molecule has 5 rings (SSSR count). The number of carbonyl (C=O) groups is 2. The summed E-state index contributed by atoms with van der Waals surface area (Å²) < 4.78 is 11.6. The van der Waals surface area contributed by atoms with Crippen molar-refractivity contribution >= 4 is 52.5 Å². The van der Waals surface area contributed by atoms with Crippen LogP contribution in [0.4, 0.5) is 5.69 Å². The Morgan fingerprint density at radius 3 is 2.21 bits per heavy atom. The first-order valence-electron chi connectivity index (χ1n) is 11.7. The molecule has 1 N–H and O–H groups in total. The van der Waals surface area contributed by atoms with E-state index in [0.29, 0.717) is 40.1 Å². The maximum atomic E-state index is 13.3. The number of nitrogens with one attached hydrogen (secondary N) is 1. The van der Waals surface area contributed by atoms with Crippen molar-refractivity contribution in [2.45, 2.75) is 6.61 Å². The summed E-state index contributed by atoms with van der Waals surface area (Å²) in [7, 11) is 0. The van der Waals surface area contributed by atoms with Crippen molar-refractivity contribution in [3.63, 3.8) is 0 Å². The molecule has 4 aromatic rings. The highest BCUT2D eigenvalue weighted by molar-refractivity contribution is 7.80. The Balaban J connectivity index is 1.29. The molecule has 0 spiro atoms. The first kappa shape index (κ1) is 25.2. The largest absolute Gasteiger partial charge is 0.489 e. The van der Waals surface area contributed by atoms with Gasteiger partial charge in [-0.25, -0.2) is 0 Å². The molecule has 0 unspecified atom stereocenters. The highest BCUT2D eigenvalue weighted by Crippen LogP contribution is 2.27. The van der Waals surface area contributed by atoms with Gasteiger partial charge in [-0.15, -0.1) is 0 Å². The molecular weight excluding hydrogens is 520 g/mol. The Labute approximate surface area is 230 Å². The van der Waals surface area contributed by atoms with E-state index >= 15 is 0 Å². The van der Waals surface area contributed by atoms with Gasteiger partial charge in [0, 0.05) is 5.02 Å². The number of carbonyl (C=O) groups excluding carboxylic acids is 2. The molecule has 0 radical (unpaired) electrons. The monoisotopic (exact) mass is 540 g/mol. The Bertz CT molecular complexity index is 1520. The molecule has 1 aliphatic rings. The van der Waals surface area contributed by atoms with Crippen LogP contribution in [-0.4, -0.2) is 16.9 Å². The van der Waals surface area contributed by atoms with Crippen LogP contribution in [0.3, 0.4) is 0 Å². The maximum Gasteiger partial charge on any atom is 0.270 e. The Hall–Kier alpha value is -4.46. The second-order valence-electron chi connectivity index (χ2n) is 8.35. The molecule has 0 aromatic heterocycles. The van der Waals surface area contributed by atoms with Gasteiger partial charge in [-0.2, -0.15) is 0 Å². The fraction of sp³-hybridized carbons (Fsp3) is 0.0333. The van der Waals surface area contributed by atoms with Crippen molar-refractivity contribution in [3.8, 4) is 17.2 Å². The average Bonchev–Trinajstić information content (AvgIpc) is 2.92. The van der Waals surface area contributed by atoms with Crippen molar-refractivity contribution in [2.24, 2.45) is 0 Å². The fourth-order valence-electron chi connectivity index (χ4n) is 3.80. The molecule has 1 saturated heterocycles. The summed E-state index contributed by atoms with van der Waals surface area (Å²) >= 11 is 11.3. The van der Waals surface area contributed by atoms with E-state index in [4.69, 9.17) is 33.3 Å². The van der Waals surface area contributed by atoms with Crippen LogP contribution in [0.1, 0.15) is 11.1 Å². The fourth-order valence-corrected chi connectivity index (χ4v) is 4.29. The number of hydrogen-bond donors (Lipinski definition) is 1. The summed E-state index contributed by atoms with van der Waals surface area (Å²) in [6.45, 7) is 0.365. The molecule has 2 amide bonds. The van der Waals surface area contributed by atoms with Crippen LogP contribution in [0.25, 0.3) is 6.08 Å². The van der Waals surface area contributed by atoms with Gasteiger partial charge in [-0.1, -0.05) is 54.1 Å². The average molecular weight is 541 g/mol. The van der Waals surface area contributed by atoms with Gasteiger partial charge in [0.15, 0.2) is 5.11 Å². The molecule has 0 saturated carbocycles. The lowest BCUT2D eigenvalue weighted by atomic mass is 10.1. The van der Waals surface area contributed by atoms with Crippen LogP contribution in [0.2, 0.25) is 5.02 Å². The quantitative estimate of drug-likeness (QED) is 0.164. The molecule has 1 heterocycles. The first-order valence-corrected chi connectivity index (χ1v) is 12.5. The van der Waals surface area contributed by atoms with Gasteiger partial charge in [-0.3, -0.25) is 19.8 Å². The molecular formula is C30H21ClN2O4S. The second-order valence-corrected chi connectivity index (χ2v) is 9.18. The number of ether oxygens (including phenoxy) is 2. The maximum absolute atomic E-state index is 13.3. The minimum Gasteiger partial charge on any atom is -0.489 e. The molecule has 4 aromatic carbocycles. The summed E-state index contributed by atoms with van der Waals surface area (Å²) in [4.78, 5) is 27.3. The molecule has 6 nitrogen and oxygen atoms in total. The van der Waals surface area contributed by atoms with Crippen molar-refractivity contribution < 1.29 is 19.1 Å². The molecule has 188 valence electrons. The van der Waals surface area contributed by atoms with E-state index in [-0.39, 0.29) is 10.7 Å². The molecule has 0 atom stereocenters. The third kappa shape index (κ3) is 5.91. The molecule has 0 aliphatic carbocycles. The number of rotatable bonds is 7. The van der Waals surface area contributed by atoms with Gasteiger partial charge in [0.2, 0.25) is 0 Å². The van der Waals surface area contributed by atoms with Crippen molar-refractivity contribution in [1.29, 1.82) is 0 Å². The van der Waals surface area contributed by atoms with Gasteiger partial charge < -0.3 is 9.47 Å². The van der Waals surface area contributed by atoms with E-state index in [9.17, 15) is 9.59 Å². The topological polar surface area (TPSA) is 67.9 Å². The Morgan fingerprint density at radius 1 is 0.816 bits per heavy atom. The van der Waals surface area contributed by atoms with Crippen LogP contribution in [0.15, 0.2) is 109 Å². The lowest BCUT2D eigenvalue weighted by molar-refractivity contribution is -0.122. The summed E-state index contributed by atoms with van der Waals surface area (Å²) in [5, 5.41) is 3.26. The third-order valence-corrected chi connectivity index (χ3v) is 6.18. The molecule has 0 bridgehead atoms. The van der Waals surface area contributed by atoms with Crippen molar-refractivity contribution in [3.05, 3.63) is 125 Å². The number of para-hydroxylation sites is 1. The zero-order chi connectivity index (χ0) is 26.5. The summed E-state index contributed by atoms with van der Waals surface area (Å²) in [5.74, 6) is 0.876. The van der Waals surface area contributed by atoms with E-state index in [1.807, 2.05) is 48.5 Å². The number of nitrogens with zero attached hydrogens (tertiary/aromatic N) is 1. The van der Waals surface area contributed by atoms with Crippen LogP contribution in [0.5, 0.6) is 17.2 Å². The predicted octanol–water partition coefficient (Wildman–Crippen LogP) is 6.54. The molecule has 1 fully saturated rings. The first-order chi connectivity index (χ1) is 18.5. The highest BCUT2D eigenvalue weighted by atomic mass is 35.5. The van der Waals surface area contributed by atoms with E-state index in [2.05, 4.69) is 5.32 Å². The van der Waals surface area contributed by atoms with Crippen LogP contribution >= 0.6 is 23.8 Å². The van der Waals surface area contributed by atoms with Crippen LogP contribution in [-0.2, 0) is 16.2 Å². The van der Waals surface area contributed by atoms with Gasteiger partial charge in [0.1, 0.15) is 29.4 Å². The Morgan fingerprint density at radius 2 is 1.50 bits per heavy atom. The number of anilines is 1. The minimum atomic E-state index is -0.554. The van der Waals surface area contributed by atoms with Crippen molar-refractivity contribution in [1.82, 2.24) is 5.32 Å². The van der Waals surface area contributed by atoms with Crippen LogP contribution in [0, 0.1) is 0 Å². The SMILES string of the molecule is O=C1NC(=S)N(c2ccc(Oc3ccccc3)cc2)C(=O)C1=Cc1ccc(OCc2cccc(Cl)c2)cc1. The standard InChI is InChI=1S/C30H21ClN2O4S/c31-22-6-4-5-21(17-22)19-36-24-13-9-20(10-14-24)18-27-28(34)32-30(38)33(29(27)35)23-11-15-26(16-12-23)37-25-7-2-1-3-8-25/h1-18H,19H2,(H,32,34,38). The van der Waals surface area contributed by atoms with Gasteiger partial charge in [-0.05, 0) is 90.1 Å². The summed E-state index contributed by atoms with van der Waals surface area (Å²) in [6, 6.07) is 30.8. The lowest BCUT2D eigenvalue weighted by Gasteiger charge is -2.29. The van der Waals surface area contributed by atoms with E-state index < -0.39 is 11.8 Å². The van der Waals surface area contributed by atoms with E-state index in [0.717, 1.165) is 5.56 Å². The zero-order valence-corrected chi connectivity index (χ0v) is 21.5. The van der Waals surface area contributed by atoms with Gasteiger partial charge in [0.25, 0.3) is 11.8 Å². The number of thiocarbonyl (C=S) groups is 1. The lowest BCUT2D eigenvalue weighted by Crippen LogP contribution is -2.54. The molecule has 1 aliphatic heterocycles. The predicted molar refractivity (Wildman–Crippen MR) is 151 cm³/mol. The normalized spacial score (nSPS) is 14.4. The smallest absolute Gasteiger partial charge is 0.270 e. The molecule has 38 heavy (non-hydrogen) atoms. The van der Waals surface area contributed by atoms with Crippen LogP contribution < -0.4 is 19.7 Å². The Kier molecular flexibility index (Phi) is 7.49. The van der Waals surface area contributed by atoms with Crippen molar-refractivity contribution in [2.75, 3.05) is 4.90 Å². The zero-order valence-electron chi connectivity index (χ0n) is 20.0. The number of hydrogen-bond acceptors (Lipinski definition) is 5. The van der Waals surface area contributed by atoms with Gasteiger partial charge >= 0.3 is 0 Å². The minimum absolute atomic E-state index is 0.0126. The summed E-state index contributed by atoms with van der Waals surface area (Å²) in [5.41, 5.74) is 2.09.